The predicted molar refractivity (Wildman–Crippen MR) is 85.2 cm³/mol. The van der Waals surface area contributed by atoms with E-state index in [1.165, 1.54) is 0 Å². The molecule has 2 rings (SSSR count). The van der Waals surface area contributed by atoms with Gasteiger partial charge in [0, 0.05) is 11.6 Å². The third-order valence-corrected chi connectivity index (χ3v) is 3.42. The summed E-state index contributed by atoms with van der Waals surface area (Å²) in [5.41, 5.74) is -0.648. The summed E-state index contributed by atoms with van der Waals surface area (Å²) in [6.45, 7) is 7.24. The van der Waals surface area contributed by atoms with Crippen molar-refractivity contribution in [3.63, 3.8) is 0 Å². The average Bonchev–Trinajstić information content (AvgIpc) is 2.36. The van der Waals surface area contributed by atoms with E-state index in [9.17, 15) is 5.11 Å². The molecule has 0 unspecified atom stereocenters. The Hall–Kier alpha value is -1.67. The van der Waals surface area contributed by atoms with Gasteiger partial charge in [0.15, 0.2) is 0 Å². The van der Waals surface area contributed by atoms with Crippen LogP contribution in [-0.4, -0.2) is 43.7 Å². The molecular weight excluding hydrogens is 285 g/mol. The Kier molecular flexibility index (Phi) is 5.90. The highest BCUT2D eigenvalue weighted by atomic mass is 16.5. The van der Waals surface area contributed by atoms with Gasteiger partial charge < -0.3 is 24.9 Å². The molecule has 22 heavy (non-hydrogen) atoms. The van der Waals surface area contributed by atoms with Gasteiger partial charge in [-0.05, 0) is 52.0 Å². The van der Waals surface area contributed by atoms with Gasteiger partial charge in [-0.2, -0.15) is 0 Å². The number of hydrogen-bond donors (Lipinski definition) is 4. The molecule has 0 amide bonds. The first-order chi connectivity index (χ1) is 10.0. The molecule has 6 nitrogen and oxygen atoms in total. The second kappa shape index (κ2) is 7.06. The van der Waals surface area contributed by atoms with Crippen molar-refractivity contribution < 1.29 is 24.9 Å². The molecule has 120 valence electrons. The lowest BCUT2D eigenvalue weighted by atomic mass is 9.89. The van der Waals surface area contributed by atoms with Crippen LogP contribution in [0.25, 0.3) is 10.9 Å². The van der Waals surface area contributed by atoms with Gasteiger partial charge in [-0.1, -0.05) is 6.07 Å². The zero-order valence-electron chi connectivity index (χ0n) is 13.2. The minimum absolute atomic E-state index is 0.664. The highest BCUT2D eigenvalue weighted by Gasteiger charge is 2.37. The first-order valence-corrected chi connectivity index (χ1v) is 6.83. The lowest BCUT2D eigenvalue weighted by Crippen LogP contribution is -2.49. The number of benzene rings is 1. The van der Waals surface area contributed by atoms with E-state index in [4.69, 9.17) is 19.8 Å². The Morgan fingerprint density at radius 1 is 1.05 bits per heavy atom. The summed E-state index contributed by atoms with van der Waals surface area (Å²) in [7, 11) is -2.17. The molecule has 0 bridgehead atoms. The molecule has 7 heteroatoms. The molecule has 1 heterocycles. The van der Waals surface area contributed by atoms with E-state index in [-0.39, 0.29) is 0 Å². The van der Waals surface area contributed by atoms with Crippen molar-refractivity contribution in [1.29, 1.82) is 0 Å². The molecule has 0 aliphatic rings. The molecule has 0 fully saturated rings. The van der Waals surface area contributed by atoms with Gasteiger partial charge in [0.25, 0.3) is 0 Å². The van der Waals surface area contributed by atoms with Crippen LogP contribution in [0.1, 0.15) is 27.7 Å². The number of aromatic nitrogens is 1. The molecule has 0 saturated carbocycles. The molecule has 2 aromatic rings. The highest BCUT2D eigenvalue weighted by molar-refractivity contribution is 6.30. The number of ether oxygens (including phenoxy) is 1. The van der Waals surface area contributed by atoms with Crippen molar-refractivity contribution >= 4 is 18.2 Å². The first-order valence-electron chi connectivity index (χ1n) is 6.83. The molecular formula is C15H22BNO5. The summed E-state index contributed by atoms with van der Waals surface area (Å²) in [5, 5.41) is 32.6. The van der Waals surface area contributed by atoms with Crippen LogP contribution in [0.2, 0.25) is 0 Å². The molecule has 4 N–H and O–H groups in total. The molecule has 0 spiro atoms. The Morgan fingerprint density at radius 3 is 2.18 bits per heavy atom. The van der Waals surface area contributed by atoms with Crippen LogP contribution < -0.4 is 4.74 Å². The van der Waals surface area contributed by atoms with Crippen LogP contribution >= 0.6 is 0 Å². The minimum atomic E-state index is -2.17. The summed E-state index contributed by atoms with van der Waals surface area (Å²) in [6, 6.07) is 9.63. The number of rotatable bonds is 3. The fourth-order valence-corrected chi connectivity index (χ4v) is 1.54. The summed E-state index contributed by atoms with van der Waals surface area (Å²) in [4.78, 5) is 4.26. The molecule has 1 aromatic heterocycles. The SMILES string of the molecule is CC(C)(O)C(C)(C)Oc1ccc2ncccc2c1.OB(O)O. The fraction of sp³-hybridized carbons (Fsp3) is 0.400. The average molecular weight is 307 g/mol. The zero-order chi connectivity index (χ0) is 17.0. The van der Waals surface area contributed by atoms with E-state index in [0.717, 1.165) is 16.7 Å². The summed E-state index contributed by atoms with van der Waals surface area (Å²) in [6.07, 6.45) is 1.77. The van der Waals surface area contributed by atoms with Gasteiger partial charge in [-0.3, -0.25) is 4.98 Å². The Bertz CT molecular complexity index is 607. The van der Waals surface area contributed by atoms with Gasteiger partial charge in [0.2, 0.25) is 0 Å². The van der Waals surface area contributed by atoms with E-state index in [0.29, 0.717) is 0 Å². The third kappa shape index (κ3) is 5.27. The van der Waals surface area contributed by atoms with Gasteiger partial charge in [0.1, 0.15) is 11.4 Å². The van der Waals surface area contributed by atoms with Crippen LogP contribution in [0.4, 0.5) is 0 Å². The molecule has 0 aliphatic heterocycles. The Morgan fingerprint density at radius 2 is 1.64 bits per heavy atom. The smallest absolute Gasteiger partial charge is 0.485 e. The quantitative estimate of drug-likeness (QED) is 0.634. The molecule has 0 atom stereocenters. The van der Waals surface area contributed by atoms with E-state index in [1.54, 1.807) is 20.0 Å². The monoisotopic (exact) mass is 307 g/mol. The van der Waals surface area contributed by atoms with Gasteiger partial charge in [-0.15, -0.1) is 0 Å². The summed E-state index contributed by atoms with van der Waals surface area (Å²) >= 11 is 0. The molecule has 0 saturated heterocycles. The van der Waals surface area contributed by atoms with Crippen molar-refractivity contribution in [2.75, 3.05) is 0 Å². The van der Waals surface area contributed by atoms with Crippen LogP contribution in [-0.2, 0) is 0 Å². The van der Waals surface area contributed by atoms with E-state index in [2.05, 4.69) is 4.98 Å². The molecule has 0 radical (unpaired) electrons. The van der Waals surface area contributed by atoms with E-state index >= 15 is 0 Å². The van der Waals surface area contributed by atoms with Gasteiger partial charge >= 0.3 is 7.32 Å². The maximum absolute atomic E-state index is 10.1. The van der Waals surface area contributed by atoms with E-state index in [1.807, 2.05) is 44.2 Å². The second-order valence-corrected chi connectivity index (χ2v) is 5.88. The van der Waals surface area contributed by atoms with Crippen LogP contribution in [0.5, 0.6) is 5.75 Å². The third-order valence-electron chi connectivity index (χ3n) is 3.42. The number of pyridine rings is 1. The topological polar surface area (TPSA) is 103 Å². The van der Waals surface area contributed by atoms with Crippen molar-refractivity contribution in [2.24, 2.45) is 0 Å². The Balaban J connectivity index is 0.000000541. The van der Waals surface area contributed by atoms with Crippen molar-refractivity contribution in [3.05, 3.63) is 36.5 Å². The molecule has 0 aliphatic carbocycles. The van der Waals surface area contributed by atoms with Crippen molar-refractivity contribution in [2.45, 2.75) is 38.9 Å². The molecule has 1 aromatic carbocycles. The first kappa shape index (κ1) is 18.4. The van der Waals surface area contributed by atoms with Gasteiger partial charge in [-0.25, -0.2) is 0 Å². The zero-order valence-corrected chi connectivity index (χ0v) is 13.2. The van der Waals surface area contributed by atoms with Crippen molar-refractivity contribution in [1.82, 2.24) is 4.98 Å². The maximum Gasteiger partial charge on any atom is 0.631 e. The number of nitrogens with zero attached hydrogens (tertiary/aromatic N) is 1. The van der Waals surface area contributed by atoms with Crippen LogP contribution in [0.15, 0.2) is 36.5 Å². The number of aliphatic hydroxyl groups is 1. The predicted octanol–water partition coefficient (Wildman–Crippen LogP) is 1.11. The number of hydrogen-bond acceptors (Lipinski definition) is 6. The lowest BCUT2D eigenvalue weighted by Gasteiger charge is -2.37. The second-order valence-electron chi connectivity index (χ2n) is 5.88. The standard InChI is InChI=1S/C15H19NO2.BH3O3/c1-14(2,17)15(3,4)18-12-7-8-13-11(10-12)6-5-9-16-13;2-1(3)4/h5-10,17H,1-4H3;2-4H. The lowest BCUT2D eigenvalue weighted by molar-refractivity contribution is -0.0906. The largest absolute Gasteiger partial charge is 0.631 e. The van der Waals surface area contributed by atoms with Gasteiger partial charge in [0.05, 0.1) is 11.1 Å². The summed E-state index contributed by atoms with van der Waals surface area (Å²) < 4.78 is 5.90. The van der Waals surface area contributed by atoms with Crippen LogP contribution in [0, 0.1) is 0 Å². The maximum atomic E-state index is 10.1. The van der Waals surface area contributed by atoms with Crippen molar-refractivity contribution in [3.8, 4) is 5.75 Å². The highest BCUT2D eigenvalue weighted by Crippen LogP contribution is 2.29. The van der Waals surface area contributed by atoms with Crippen LogP contribution in [0.3, 0.4) is 0 Å². The van der Waals surface area contributed by atoms with E-state index < -0.39 is 18.5 Å². The Labute approximate surface area is 130 Å². The normalized spacial score (nSPS) is 11.6. The fourth-order valence-electron chi connectivity index (χ4n) is 1.54. The summed E-state index contributed by atoms with van der Waals surface area (Å²) in [5.74, 6) is 0.739. The minimum Gasteiger partial charge on any atom is -0.485 e. The number of fused-ring (bicyclic) bond motifs is 1.